The van der Waals surface area contributed by atoms with E-state index in [-0.39, 0.29) is 17.4 Å². The van der Waals surface area contributed by atoms with Crippen LogP contribution in [-0.4, -0.2) is 65.4 Å². The number of likely N-dealkylation sites (N-methyl/N-ethyl adjacent to an activating group) is 1. The Labute approximate surface area is 163 Å². The average molecular weight is 385 g/mol. The second-order valence-corrected chi connectivity index (χ2v) is 7.69. The molecule has 140 valence electrons. The molecule has 1 aromatic carbocycles. The topological polar surface area (TPSA) is 56.8 Å². The van der Waals surface area contributed by atoms with Gasteiger partial charge in [-0.3, -0.25) is 19.5 Å². The summed E-state index contributed by atoms with van der Waals surface area (Å²) in [5, 5.41) is 0.613. The second-order valence-electron chi connectivity index (χ2n) is 7.26. The molecule has 0 saturated carbocycles. The number of carbonyl (C=O) groups excluding carboxylic acids is 2. The van der Waals surface area contributed by atoms with Gasteiger partial charge in [-0.2, -0.15) is 0 Å². The van der Waals surface area contributed by atoms with E-state index in [0.29, 0.717) is 36.8 Å². The molecule has 1 atom stereocenters. The molecular formula is C20H21ClN4O2. The number of piperazine rings is 1. The third-order valence-corrected chi connectivity index (χ3v) is 5.86. The Bertz CT molecular complexity index is 858. The van der Waals surface area contributed by atoms with Gasteiger partial charge < -0.3 is 9.80 Å². The molecule has 0 aliphatic carbocycles. The van der Waals surface area contributed by atoms with Crippen LogP contribution in [0.4, 0.5) is 5.69 Å². The molecule has 27 heavy (non-hydrogen) atoms. The minimum absolute atomic E-state index is 0.00164. The van der Waals surface area contributed by atoms with Crippen molar-refractivity contribution in [2.45, 2.75) is 12.0 Å². The van der Waals surface area contributed by atoms with E-state index in [0.717, 1.165) is 12.1 Å². The lowest BCUT2D eigenvalue weighted by molar-refractivity contribution is -0.123. The number of likely N-dealkylation sites (tertiary alicyclic amines) is 1. The minimum Gasteiger partial charge on any atom is -0.337 e. The molecule has 0 radical (unpaired) electrons. The summed E-state index contributed by atoms with van der Waals surface area (Å²) in [7, 11) is 1.97. The van der Waals surface area contributed by atoms with Gasteiger partial charge in [-0.05, 0) is 49.9 Å². The van der Waals surface area contributed by atoms with Crippen molar-refractivity contribution in [3.63, 3.8) is 0 Å². The normalized spacial score (nSPS) is 23.3. The number of carbonyl (C=O) groups is 2. The van der Waals surface area contributed by atoms with Gasteiger partial charge in [-0.1, -0.05) is 11.6 Å². The highest BCUT2D eigenvalue weighted by Crippen LogP contribution is 2.33. The van der Waals surface area contributed by atoms with Crippen LogP contribution in [0, 0.1) is 0 Å². The van der Waals surface area contributed by atoms with E-state index in [1.54, 1.807) is 41.6 Å². The number of rotatable bonds is 2. The van der Waals surface area contributed by atoms with Crippen LogP contribution in [0.1, 0.15) is 16.8 Å². The highest BCUT2D eigenvalue weighted by molar-refractivity contribution is 6.30. The Morgan fingerprint density at radius 2 is 1.96 bits per heavy atom. The summed E-state index contributed by atoms with van der Waals surface area (Å²) in [6, 6.07) is 10.7. The van der Waals surface area contributed by atoms with Gasteiger partial charge in [-0.25, -0.2) is 0 Å². The van der Waals surface area contributed by atoms with Crippen LogP contribution < -0.4 is 4.90 Å². The molecule has 1 aromatic heterocycles. The van der Waals surface area contributed by atoms with Crippen molar-refractivity contribution in [2.75, 3.05) is 38.1 Å². The fraction of sp³-hybridized carbons (Fsp3) is 0.350. The first-order valence-electron chi connectivity index (χ1n) is 8.95. The number of anilines is 1. The first-order valence-corrected chi connectivity index (χ1v) is 9.33. The molecular weight excluding hydrogens is 364 g/mol. The molecule has 2 aliphatic rings. The smallest absolute Gasteiger partial charge is 0.253 e. The fourth-order valence-corrected chi connectivity index (χ4v) is 4.08. The van der Waals surface area contributed by atoms with Gasteiger partial charge in [0.05, 0.1) is 24.0 Å². The zero-order valence-electron chi connectivity index (χ0n) is 15.1. The van der Waals surface area contributed by atoms with Crippen molar-refractivity contribution >= 4 is 29.1 Å². The zero-order chi connectivity index (χ0) is 19.0. The monoisotopic (exact) mass is 384 g/mol. The van der Waals surface area contributed by atoms with Gasteiger partial charge in [0.2, 0.25) is 5.91 Å². The van der Waals surface area contributed by atoms with Gasteiger partial charge in [0.15, 0.2) is 0 Å². The summed E-state index contributed by atoms with van der Waals surface area (Å²) >= 11 is 5.93. The predicted molar refractivity (Wildman–Crippen MR) is 104 cm³/mol. The summed E-state index contributed by atoms with van der Waals surface area (Å²) in [4.78, 5) is 35.4. The zero-order valence-corrected chi connectivity index (χ0v) is 15.9. The Balaban J connectivity index is 1.55. The van der Waals surface area contributed by atoms with Gasteiger partial charge in [0, 0.05) is 36.4 Å². The van der Waals surface area contributed by atoms with E-state index in [1.165, 1.54) is 0 Å². The summed E-state index contributed by atoms with van der Waals surface area (Å²) < 4.78 is 0. The second kappa shape index (κ2) is 6.94. The molecule has 7 heteroatoms. The minimum atomic E-state index is -0.244. The average Bonchev–Trinajstić information content (AvgIpc) is 3.11. The fourth-order valence-electron chi connectivity index (χ4n) is 3.95. The number of nitrogens with zero attached hydrogens (tertiary/aromatic N) is 4. The van der Waals surface area contributed by atoms with E-state index in [1.807, 2.05) is 24.1 Å². The maximum atomic E-state index is 12.9. The Kier molecular flexibility index (Phi) is 4.61. The number of hydrogen-bond acceptors (Lipinski definition) is 4. The van der Waals surface area contributed by atoms with Gasteiger partial charge >= 0.3 is 0 Å². The number of benzene rings is 1. The molecule has 0 bridgehead atoms. The summed E-state index contributed by atoms with van der Waals surface area (Å²) in [6.07, 6.45) is 4.23. The summed E-state index contributed by atoms with van der Waals surface area (Å²) in [6.45, 7) is 2.15. The van der Waals surface area contributed by atoms with Gasteiger partial charge in [0.1, 0.15) is 0 Å². The number of hydrogen-bond donors (Lipinski definition) is 0. The molecule has 1 spiro atoms. The standard InChI is InChI=1S/C20H21ClN4O2/c1-23-12-18(26)25(17-3-2-9-22-11-17)14-20(23)8-10-24(13-20)19(27)15-4-6-16(21)7-5-15/h2-7,9,11H,8,10,12-14H2,1H3/t20-/m0/s1. The number of halogens is 1. The largest absolute Gasteiger partial charge is 0.337 e. The summed E-state index contributed by atoms with van der Waals surface area (Å²) in [5.74, 6) is 0.0559. The van der Waals surface area contributed by atoms with Crippen LogP contribution in [0.3, 0.4) is 0 Å². The van der Waals surface area contributed by atoms with E-state index in [2.05, 4.69) is 9.88 Å². The molecule has 2 saturated heterocycles. The van der Waals surface area contributed by atoms with Crippen molar-refractivity contribution in [2.24, 2.45) is 0 Å². The van der Waals surface area contributed by atoms with Crippen molar-refractivity contribution < 1.29 is 9.59 Å². The van der Waals surface area contributed by atoms with E-state index < -0.39 is 0 Å². The Morgan fingerprint density at radius 1 is 1.19 bits per heavy atom. The van der Waals surface area contributed by atoms with Crippen LogP contribution >= 0.6 is 11.6 Å². The van der Waals surface area contributed by atoms with E-state index in [9.17, 15) is 9.59 Å². The molecule has 2 amide bonds. The van der Waals surface area contributed by atoms with Crippen molar-refractivity contribution in [3.8, 4) is 0 Å². The van der Waals surface area contributed by atoms with Gasteiger partial charge in [-0.15, -0.1) is 0 Å². The number of aromatic nitrogens is 1. The third-order valence-electron chi connectivity index (χ3n) is 5.60. The maximum Gasteiger partial charge on any atom is 0.253 e. The molecule has 0 N–H and O–H groups in total. The van der Waals surface area contributed by atoms with Crippen LogP contribution in [0.5, 0.6) is 0 Å². The lowest BCUT2D eigenvalue weighted by atomic mass is 9.92. The van der Waals surface area contributed by atoms with Crippen LogP contribution in [0.15, 0.2) is 48.8 Å². The number of amides is 2. The van der Waals surface area contributed by atoms with Crippen LogP contribution in [-0.2, 0) is 4.79 Å². The summed E-state index contributed by atoms with van der Waals surface area (Å²) in [5.41, 5.74) is 1.19. The lowest BCUT2D eigenvalue weighted by Crippen LogP contribution is -2.64. The molecule has 6 nitrogen and oxygen atoms in total. The molecule has 2 aliphatic heterocycles. The number of pyridine rings is 1. The highest BCUT2D eigenvalue weighted by atomic mass is 35.5. The first kappa shape index (κ1) is 17.9. The first-order chi connectivity index (χ1) is 13.0. The highest BCUT2D eigenvalue weighted by Gasteiger charge is 2.48. The van der Waals surface area contributed by atoms with Gasteiger partial charge in [0.25, 0.3) is 5.91 Å². The predicted octanol–water partition coefficient (Wildman–Crippen LogP) is 2.30. The Hall–Kier alpha value is -2.44. The molecule has 2 fully saturated rings. The third kappa shape index (κ3) is 3.31. The maximum absolute atomic E-state index is 12.9. The molecule has 0 unspecified atom stereocenters. The SMILES string of the molecule is CN1CC(=O)N(c2cccnc2)C[C@@]12CCN(C(=O)c1ccc(Cl)cc1)C2. The van der Waals surface area contributed by atoms with E-state index >= 15 is 0 Å². The lowest BCUT2D eigenvalue weighted by Gasteiger charge is -2.46. The molecule has 3 heterocycles. The molecule has 4 rings (SSSR count). The quantitative estimate of drug-likeness (QED) is 0.797. The van der Waals surface area contributed by atoms with Crippen LogP contribution in [0.25, 0.3) is 0 Å². The Morgan fingerprint density at radius 3 is 2.67 bits per heavy atom. The van der Waals surface area contributed by atoms with Crippen molar-refractivity contribution in [3.05, 3.63) is 59.4 Å². The van der Waals surface area contributed by atoms with Crippen LogP contribution in [0.2, 0.25) is 5.02 Å². The van der Waals surface area contributed by atoms with Crippen molar-refractivity contribution in [1.82, 2.24) is 14.8 Å². The van der Waals surface area contributed by atoms with Crippen molar-refractivity contribution in [1.29, 1.82) is 0 Å². The van der Waals surface area contributed by atoms with E-state index in [4.69, 9.17) is 11.6 Å². The molecule has 2 aromatic rings.